The Morgan fingerprint density at radius 1 is 1.33 bits per heavy atom. The summed E-state index contributed by atoms with van der Waals surface area (Å²) in [6.45, 7) is 0. The predicted octanol–water partition coefficient (Wildman–Crippen LogP) is 2.77. The molecule has 3 rings (SSSR count). The highest BCUT2D eigenvalue weighted by Gasteiger charge is 2.21. The number of nitrogens with one attached hydrogen (secondary N) is 1. The van der Waals surface area contributed by atoms with E-state index >= 15 is 0 Å². The zero-order valence-corrected chi connectivity index (χ0v) is 10.5. The van der Waals surface area contributed by atoms with E-state index in [1.165, 1.54) is 12.3 Å². The molecule has 2 aromatic heterocycles. The maximum Gasteiger partial charge on any atom is 0.433 e. The van der Waals surface area contributed by atoms with Crippen LogP contribution < -0.4 is 0 Å². The number of aromatic nitrogens is 1. The minimum atomic E-state index is -0.703. The highest BCUT2D eigenvalue weighted by atomic mass is 16.6. The first-order valence-corrected chi connectivity index (χ1v) is 5.90. The molecular formula is C14H7N3O4. The van der Waals surface area contributed by atoms with Crippen molar-refractivity contribution in [3.8, 4) is 6.07 Å². The van der Waals surface area contributed by atoms with E-state index in [9.17, 15) is 14.9 Å². The number of carbonyl (C=O) groups is 1. The first-order valence-electron chi connectivity index (χ1n) is 5.90. The van der Waals surface area contributed by atoms with Crippen molar-refractivity contribution in [3.05, 3.63) is 63.5 Å². The number of furan rings is 1. The molecule has 7 nitrogen and oxygen atoms in total. The average Bonchev–Trinajstić information content (AvgIpc) is 3.12. The number of aromatic amines is 1. The molecule has 1 aromatic carbocycles. The molecule has 0 saturated carbocycles. The van der Waals surface area contributed by atoms with E-state index in [2.05, 4.69) is 4.98 Å². The fourth-order valence-electron chi connectivity index (χ4n) is 2.06. The summed E-state index contributed by atoms with van der Waals surface area (Å²) in [5.41, 5.74) is 1.44. The van der Waals surface area contributed by atoms with Gasteiger partial charge in [0.1, 0.15) is 4.92 Å². The van der Waals surface area contributed by atoms with E-state index in [0.29, 0.717) is 22.0 Å². The topological polar surface area (TPSA) is 113 Å². The minimum Gasteiger partial charge on any atom is -0.397 e. The van der Waals surface area contributed by atoms with Gasteiger partial charge in [-0.2, -0.15) is 5.26 Å². The molecule has 102 valence electrons. The number of hydrogen-bond donors (Lipinski definition) is 1. The molecule has 0 radical (unpaired) electrons. The standard InChI is InChI=1S/C14H7N3O4/c15-6-8-1-2-9-10(7-16-11(9)5-8)14(18)12-3-4-13(21-12)17(19)20/h1-5,7,16H. The Balaban J connectivity index is 2.05. The summed E-state index contributed by atoms with van der Waals surface area (Å²) in [6.07, 6.45) is 1.49. The van der Waals surface area contributed by atoms with Crippen LogP contribution in [-0.4, -0.2) is 15.7 Å². The molecule has 3 aromatic rings. The Morgan fingerprint density at radius 2 is 2.14 bits per heavy atom. The van der Waals surface area contributed by atoms with Crippen molar-refractivity contribution < 1.29 is 14.1 Å². The van der Waals surface area contributed by atoms with Gasteiger partial charge in [-0.25, -0.2) is 0 Å². The maximum absolute atomic E-state index is 12.3. The van der Waals surface area contributed by atoms with Gasteiger partial charge in [0.15, 0.2) is 5.76 Å². The first-order chi connectivity index (χ1) is 10.1. The van der Waals surface area contributed by atoms with Crippen molar-refractivity contribution in [2.75, 3.05) is 0 Å². The van der Waals surface area contributed by atoms with Crippen LogP contribution in [0.25, 0.3) is 10.9 Å². The fraction of sp³-hybridized carbons (Fsp3) is 0. The minimum absolute atomic E-state index is 0.105. The van der Waals surface area contributed by atoms with E-state index in [1.54, 1.807) is 18.2 Å². The highest BCUT2D eigenvalue weighted by Crippen LogP contribution is 2.24. The van der Waals surface area contributed by atoms with E-state index < -0.39 is 16.6 Å². The summed E-state index contributed by atoms with van der Waals surface area (Å²) >= 11 is 0. The van der Waals surface area contributed by atoms with Crippen molar-refractivity contribution in [1.82, 2.24) is 4.98 Å². The van der Waals surface area contributed by atoms with Gasteiger partial charge >= 0.3 is 5.88 Å². The van der Waals surface area contributed by atoms with Crippen LogP contribution in [0.3, 0.4) is 0 Å². The quantitative estimate of drug-likeness (QED) is 0.450. The Hall–Kier alpha value is -3.40. The van der Waals surface area contributed by atoms with Gasteiger partial charge in [-0.15, -0.1) is 0 Å². The molecule has 0 aliphatic rings. The van der Waals surface area contributed by atoms with E-state index in [1.807, 2.05) is 6.07 Å². The SMILES string of the molecule is N#Cc1ccc2c(C(=O)c3ccc([N+](=O)[O-])o3)c[nH]c2c1. The van der Waals surface area contributed by atoms with Crippen molar-refractivity contribution in [2.24, 2.45) is 0 Å². The number of H-pyrrole nitrogens is 1. The van der Waals surface area contributed by atoms with E-state index in [-0.39, 0.29) is 5.76 Å². The molecule has 0 bridgehead atoms. The lowest BCUT2D eigenvalue weighted by atomic mass is 10.1. The molecule has 1 N–H and O–H groups in total. The van der Waals surface area contributed by atoms with Crippen molar-refractivity contribution >= 4 is 22.6 Å². The molecule has 0 unspecified atom stereocenters. The zero-order valence-electron chi connectivity index (χ0n) is 10.5. The lowest BCUT2D eigenvalue weighted by Gasteiger charge is -1.96. The number of nitriles is 1. The summed E-state index contributed by atoms with van der Waals surface area (Å²) < 4.78 is 4.91. The second-order valence-electron chi connectivity index (χ2n) is 4.30. The predicted molar refractivity (Wildman–Crippen MR) is 71.8 cm³/mol. The zero-order chi connectivity index (χ0) is 15.0. The van der Waals surface area contributed by atoms with Crippen LogP contribution >= 0.6 is 0 Å². The van der Waals surface area contributed by atoms with Gasteiger partial charge in [0, 0.05) is 17.1 Å². The number of nitro groups is 1. The Bertz CT molecular complexity index is 914. The molecule has 0 atom stereocenters. The largest absolute Gasteiger partial charge is 0.433 e. The van der Waals surface area contributed by atoms with Crippen LogP contribution in [0.2, 0.25) is 0 Å². The number of nitrogens with zero attached hydrogens (tertiary/aromatic N) is 2. The maximum atomic E-state index is 12.3. The third-order valence-electron chi connectivity index (χ3n) is 3.05. The van der Waals surface area contributed by atoms with Gasteiger partial charge in [-0.05, 0) is 18.2 Å². The molecule has 0 aliphatic heterocycles. The molecule has 0 spiro atoms. The van der Waals surface area contributed by atoms with Gasteiger partial charge in [0.2, 0.25) is 5.78 Å². The third-order valence-corrected chi connectivity index (χ3v) is 3.05. The van der Waals surface area contributed by atoms with Gasteiger partial charge < -0.3 is 9.40 Å². The van der Waals surface area contributed by atoms with Gasteiger partial charge in [-0.3, -0.25) is 14.9 Å². The Morgan fingerprint density at radius 3 is 2.81 bits per heavy atom. The summed E-state index contributed by atoms with van der Waals surface area (Å²) in [4.78, 5) is 25.1. The molecule has 0 saturated heterocycles. The number of fused-ring (bicyclic) bond motifs is 1. The lowest BCUT2D eigenvalue weighted by Crippen LogP contribution is -1.98. The summed E-state index contributed by atoms with van der Waals surface area (Å²) in [5, 5.41) is 20.0. The van der Waals surface area contributed by atoms with Crippen LogP contribution in [-0.2, 0) is 0 Å². The fourth-order valence-corrected chi connectivity index (χ4v) is 2.06. The van der Waals surface area contributed by atoms with Crippen molar-refractivity contribution in [3.63, 3.8) is 0 Å². The molecule has 0 aliphatic carbocycles. The molecule has 0 amide bonds. The molecule has 0 fully saturated rings. The lowest BCUT2D eigenvalue weighted by molar-refractivity contribution is -0.402. The molecule has 21 heavy (non-hydrogen) atoms. The summed E-state index contributed by atoms with van der Waals surface area (Å²) in [5.74, 6) is -1.05. The summed E-state index contributed by atoms with van der Waals surface area (Å²) in [6, 6.07) is 9.27. The molecule has 7 heteroatoms. The number of rotatable bonds is 3. The number of benzene rings is 1. The molecular weight excluding hydrogens is 274 g/mol. The Labute approximate surface area is 117 Å². The van der Waals surface area contributed by atoms with Gasteiger partial charge in [-0.1, -0.05) is 6.07 Å². The molecule has 2 heterocycles. The monoisotopic (exact) mass is 281 g/mol. The van der Waals surface area contributed by atoms with Crippen LogP contribution in [0.4, 0.5) is 5.88 Å². The van der Waals surface area contributed by atoms with E-state index in [4.69, 9.17) is 9.68 Å². The van der Waals surface area contributed by atoms with Crippen molar-refractivity contribution in [2.45, 2.75) is 0 Å². The highest BCUT2D eigenvalue weighted by molar-refractivity contribution is 6.15. The van der Waals surface area contributed by atoms with Crippen LogP contribution in [0.1, 0.15) is 21.7 Å². The van der Waals surface area contributed by atoms with Crippen molar-refractivity contribution in [1.29, 1.82) is 5.26 Å². The number of carbonyl (C=O) groups excluding carboxylic acids is 1. The second-order valence-corrected chi connectivity index (χ2v) is 4.30. The second kappa shape index (κ2) is 4.61. The first kappa shape index (κ1) is 12.6. The van der Waals surface area contributed by atoms with Gasteiger partial charge in [0.05, 0.1) is 23.3 Å². The van der Waals surface area contributed by atoms with Gasteiger partial charge in [0.25, 0.3) is 0 Å². The average molecular weight is 281 g/mol. The van der Waals surface area contributed by atoms with Crippen LogP contribution in [0.15, 0.2) is 40.9 Å². The number of hydrogen-bond acceptors (Lipinski definition) is 5. The Kier molecular flexibility index (Phi) is 2.77. The van der Waals surface area contributed by atoms with E-state index in [0.717, 1.165) is 6.07 Å². The smallest absolute Gasteiger partial charge is 0.397 e. The summed E-state index contributed by atoms with van der Waals surface area (Å²) in [7, 11) is 0. The third kappa shape index (κ3) is 2.04. The van der Waals surface area contributed by atoms with Crippen LogP contribution in [0.5, 0.6) is 0 Å². The number of ketones is 1. The van der Waals surface area contributed by atoms with Crippen LogP contribution in [0, 0.1) is 21.4 Å². The normalized spacial score (nSPS) is 10.4.